The van der Waals surface area contributed by atoms with Crippen molar-refractivity contribution in [1.29, 1.82) is 0 Å². The van der Waals surface area contributed by atoms with Gasteiger partial charge in [-0.05, 0) is 44.5 Å². The van der Waals surface area contributed by atoms with E-state index in [0.717, 1.165) is 35.4 Å². The number of rotatable bonds is 6. The number of hydrogen-bond acceptors (Lipinski definition) is 3. The molecule has 0 fully saturated rings. The third kappa shape index (κ3) is 3.21. The van der Waals surface area contributed by atoms with E-state index >= 15 is 0 Å². The van der Waals surface area contributed by atoms with E-state index in [1.54, 1.807) is 0 Å². The van der Waals surface area contributed by atoms with Crippen LogP contribution >= 0.6 is 0 Å². The Morgan fingerprint density at radius 2 is 1.92 bits per heavy atom. The number of para-hydroxylation sites is 1. The van der Waals surface area contributed by atoms with E-state index in [1.807, 2.05) is 54.3 Å². The van der Waals surface area contributed by atoms with Crippen molar-refractivity contribution in [1.82, 2.24) is 4.90 Å². The third-order valence-electron chi connectivity index (χ3n) is 4.76. The van der Waals surface area contributed by atoms with Gasteiger partial charge in [0.15, 0.2) is 0 Å². The fourth-order valence-electron chi connectivity index (χ4n) is 3.38. The smallest absolute Gasteiger partial charge is 0.258 e. The minimum absolute atomic E-state index is 0.0760. The van der Waals surface area contributed by atoms with Crippen molar-refractivity contribution in [3.8, 4) is 5.75 Å². The first-order valence-corrected chi connectivity index (χ1v) is 9.02. The first-order chi connectivity index (χ1) is 12.1. The van der Waals surface area contributed by atoms with Crippen LogP contribution in [0.3, 0.4) is 0 Å². The molecule has 1 unspecified atom stereocenters. The Morgan fingerprint density at radius 3 is 2.68 bits per heavy atom. The molecule has 25 heavy (non-hydrogen) atoms. The Morgan fingerprint density at radius 1 is 1.12 bits per heavy atom. The molecule has 2 aromatic rings. The van der Waals surface area contributed by atoms with Gasteiger partial charge in [0.1, 0.15) is 11.4 Å². The molecule has 2 aromatic carbocycles. The number of carbonyl (C=O) groups is 1. The topological polar surface area (TPSA) is 41.6 Å². The number of nitrogens with one attached hydrogen (secondary N) is 1. The SMILES string of the molecule is CCCCN1C(=O)c2ccccc2NC1(C)c1cccc(OCC)c1. The van der Waals surface area contributed by atoms with Crippen molar-refractivity contribution in [2.45, 2.75) is 39.3 Å². The zero-order valence-corrected chi connectivity index (χ0v) is 15.2. The molecule has 0 aliphatic carbocycles. The number of amides is 1. The van der Waals surface area contributed by atoms with Crippen LogP contribution in [0, 0.1) is 0 Å². The Kier molecular flexibility index (Phi) is 4.98. The highest BCUT2D eigenvalue weighted by atomic mass is 16.5. The number of anilines is 1. The Balaban J connectivity index is 2.07. The van der Waals surface area contributed by atoms with Crippen LogP contribution in [0.1, 0.15) is 49.5 Å². The van der Waals surface area contributed by atoms with E-state index in [9.17, 15) is 4.79 Å². The van der Waals surface area contributed by atoms with E-state index in [-0.39, 0.29) is 5.91 Å². The Labute approximate surface area is 149 Å². The molecule has 1 atom stereocenters. The maximum atomic E-state index is 13.2. The normalized spacial score (nSPS) is 19.3. The van der Waals surface area contributed by atoms with Crippen molar-refractivity contribution in [2.24, 2.45) is 0 Å². The lowest BCUT2D eigenvalue weighted by atomic mass is 9.93. The Bertz CT molecular complexity index is 759. The van der Waals surface area contributed by atoms with Crippen LogP contribution < -0.4 is 10.1 Å². The largest absolute Gasteiger partial charge is 0.494 e. The molecule has 0 aromatic heterocycles. The summed E-state index contributed by atoms with van der Waals surface area (Å²) in [4.78, 5) is 15.1. The molecular weight excluding hydrogens is 312 g/mol. The second-order valence-corrected chi connectivity index (χ2v) is 6.51. The zero-order valence-electron chi connectivity index (χ0n) is 15.2. The van der Waals surface area contributed by atoms with Crippen LogP contribution in [0.2, 0.25) is 0 Å². The molecule has 4 heteroatoms. The van der Waals surface area contributed by atoms with Crippen molar-refractivity contribution < 1.29 is 9.53 Å². The predicted molar refractivity (Wildman–Crippen MR) is 101 cm³/mol. The molecule has 0 bridgehead atoms. The predicted octanol–water partition coefficient (Wildman–Crippen LogP) is 4.63. The lowest BCUT2D eigenvalue weighted by Gasteiger charge is -2.47. The van der Waals surface area contributed by atoms with Gasteiger partial charge in [0, 0.05) is 17.8 Å². The van der Waals surface area contributed by atoms with Gasteiger partial charge in [-0.3, -0.25) is 4.79 Å². The van der Waals surface area contributed by atoms with E-state index in [4.69, 9.17) is 4.74 Å². The van der Waals surface area contributed by atoms with Gasteiger partial charge in [-0.1, -0.05) is 37.6 Å². The maximum Gasteiger partial charge on any atom is 0.258 e. The number of unbranched alkanes of at least 4 members (excludes halogenated alkanes) is 1. The third-order valence-corrected chi connectivity index (χ3v) is 4.76. The van der Waals surface area contributed by atoms with Gasteiger partial charge in [-0.15, -0.1) is 0 Å². The van der Waals surface area contributed by atoms with Gasteiger partial charge in [-0.2, -0.15) is 0 Å². The minimum atomic E-state index is -0.603. The van der Waals surface area contributed by atoms with Gasteiger partial charge >= 0.3 is 0 Å². The summed E-state index contributed by atoms with van der Waals surface area (Å²) in [6, 6.07) is 15.7. The molecule has 1 aliphatic heterocycles. The number of nitrogens with zero attached hydrogens (tertiary/aromatic N) is 1. The van der Waals surface area contributed by atoms with Gasteiger partial charge in [0.2, 0.25) is 0 Å². The molecule has 3 rings (SSSR count). The van der Waals surface area contributed by atoms with Crippen LogP contribution in [0.5, 0.6) is 5.75 Å². The van der Waals surface area contributed by atoms with Gasteiger partial charge < -0.3 is 15.0 Å². The number of ether oxygens (including phenoxy) is 1. The van der Waals surface area contributed by atoms with Crippen molar-refractivity contribution in [3.05, 3.63) is 59.7 Å². The number of carbonyl (C=O) groups excluding carboxylic acids is 1. The summed E-state index contributed by atoms with van der Waals surface area (Å²) in [7, 11) is 0. The molecular formula is C21H26N2O2. The fourth-order valence-corrected chi connectivity index (χ4v) is 3.38. The number of hydrogen-bond donors (Lipinski definition) is 1. The minimum Gasteiger partial charge on any atom is -0.494 e. The quantitative estimate of drug-likeness (QED) is 0.835. The number of fused-ring (bicyclic) bond motifs is 1. The summed E-state index contributed by atoms with van der Waals surface area (Å²) in [5.41, 5.74) is 2.03. The molecule has 4 nitrogen and oxygen atoms in total. The highest BCUT2D eigenvalue weighted by Crippen LogP contribution is 2.38. The van der Waals surface area contributed by atoms with E-state index < -0.39 is 5.66 Å². The van der Waals surface area contributed by atoms with E-state index in [0.29, 0.717) is 13.2 Å². The highest BCUT2D eigenvalue weighted by molar-refractivity contribution is 6.02. The van der Waals surface area contributed by atoms with Crippen molar-refractivity contribution >= 4 is 11.6 Å². The molecule has 1 N–H and O–H groups in total. The second kappa shape index (κ2) is 7.18. The van der Waals surface area contributed by atoms with Crippen LogP contribution in [-0.4, -0.2) is 24.0 Å². The number of benzene rings is 2. The van der Waals surface area contributed by atoms with Crippen molar-refractivity contribution in [3.63, 3.8) is 0 Å². The van der Waals surface area contributed by atoms with Crippen LogP contribution in [0.4, 0.5) is 5.69 Å². The summed E-state index contributed by atoms with van der Waals surface area (Å²) in [6.45, 7) is 7.52. The van der Waals surface area contributed by atoms with Crippen LogP contribution in [0.25, 0.3) is 0 Å². The standard InChI is InChI=1S/C21H26N2O2/c1-4-6-14-23-20(24)18-12-7-8-13-19(18)22-21(23,3)16-10-9-11-17(15-16)25-5-2/h7-13,15,22H,4-6,14H2,1-3H3. The average molecular weight is 338 g/mol. The average Bonchev–Trinajstić information content (AvgIpc) is 2.62. The van der Waals surface area contributed by atoms with Crippen LogP contribution in [-0.2, 0) is 5.66 Å². The molecule has 1 aliphatic rings. The van der Waals surface area contributed by atoms with Gasteiger partial charge in [-0.25, -0.2) is 0 Å². The molecule has 0 spiro atoms. The second-order valence-electron chi connectivity index (χ2n) is 6.51. The molecule has 0 saturated carbocycles. The van der Waals surface area contributed by atoms with E-state index in [1.165, 1.54) is 0 Å². The molecule has 1 amide bonds. The Hall–Kier alpha value is -2.49. The lowest BCUT2D eigenvalue weighted by molar-refractivity contribution is 0.0530. The summed E-state index contributed by atoms with van der Waals surface area (Å²) in [5, 5.41) is 3.60. The maximum absolute atomic E-state index is 13.2. The van der Waals surface area contributed by atoms with Gasteiger partial charge in [0.05, 0.1) is 12.2 Å². The summed E-state index contributed by atoms with van der Waals surface area (Å²) in [6.07, 6.45) is 2.01. The van der Waals surface area contributed by atoms with Gasteiger partial charge in [0.25, 0.3) is 5.91 Å². The molecule has 0 radical (unpaired) electrons. The zero-order chi connectivity index (χ0) is 17.9. The van der Waals surface area contributed by atoms with Crippen molar-refractivity contribution in [2.75, 3.05) is 18.5 Å². The lowest BCUT2D eigenvalue weighted by Crippen LogP contribution is -2.56. The summed E-state index contributed by atoms with van der Waals surface area (Å²) < 4.78 is 5.66. The summed E-state index contributed by atoms with van der Waals surface area (Å²) >= 11 is 0. The highest BCUT2D eigenvalue weighted by Gasteiger charge is 2.42. The molecule has 132 valence electrons. The fraction of sp³-hybridized carbons (Fsp3) is 0.381. The summed E-state index contributed by atoms with van der Waals surface area (Å²) in [5.74, 6) is 0.900. The monoisotopic (exact) mass is 338 g/mol. The molecule has 1 heterocycles. The van der Waals surface area contributed by atoms with Crippen LogP contribution in [0.15, 0.2) is 48.5 Å². The first-order valence-electron chi connectivity index (χ1n) is 9.02. The molecule has 0 saturated heterocycles. The van der Waals surface area contributed by atoms with E-state index in [2.05, 4.69) is 25.2 Å². The first kappa shape index (κ1) is 17.3.